The number of rotatable bonds is 10. The maximum Gasteiger partial charge on any atom is 0.225 e. The average molecular weight is 374 g/mol. The first-order valence-corrected chi connectivity index (χ1v) is 10.0. The van der Waals surface area contributed by atoms with Crippen LogP contribution in [-0.2, 0) is 16.0 Å². The number of ether oxygens (including phenoxy) is 2. The van der Waals surface area contributed by atoms with Gasteiger partial charge in [0.05, 0.1) is 19.1 Å². The van der Waals surface area contributed by atoms with Crippen molar-refractivity contribution < 1.29 is 19.1 Å². The molecule has 1 aromatic rings. The third kappa shape index (κ3) is 5.37. The second-order valence-corrected chi connectivity index (χ2v) is 7.33. The summed E-state index contributed by atoms with van der Waals surface area (Å²) in [5, 5.41) is 2.98. The van der Waals surface area contributed by atoms with Crippen LogP contribution in [0, 0.1) is 11.8 Å². The van der Waals surface area contributed by atoms with Gasteiger partial charge in [0.1, 0.15) is 0 Å². The van der Waals surface area contributed by atoms with Gasteiger partial charge in [0.2, 0.25) is 11.8 Å². The van der Waals surface area contributed by atoms with Gasteiger partial charge >= 0.3 is 0 Å². The highest BCUT2D eigenvalue weighted by molar-refractivity contribution is 5.89. The minimum Gasteiger partial charge on any atom is -0.490 e. The van der Waals surface area contributed by atoms with Gasteiger partial charge in [-0.25, -0.2) is 0 Å². The Labute approximate surface area is 161 Å². The van der Waals surface area contributed by atoms with Gasteiger partial charge in [-0.2, -0.15) is 0 Å². The molecule has 1 saturated heterocycles. The van der Waals surface area contributed by atoms with Crippen LogP contribution in [-0.4, -0.2) is 49.6 Å². The van der Waals surface area contributed by atoms with Gasteiger partial charge in [-0.15, -0.1) is 0 Å². The fraction of sp³-hybridized carbons (Fsp3) is 0.619. The summed E-state index contributed by atoms with van der Waals surface area (Å²) in [6.07, 6.45) is 3.49. The fourth-order valence-corrected chi connectivity index (χ4v) is 3.46. The molecular weight excluding hydrogens is 344 g/mol. The smallest absolute Gasteiger partial charge is 0.225 e. The molecule has 1 aliphatic heterocycles. The third-order valence-electron chi connectivity index (χ3n) is 5.08. The highest BCUT2D eigenvalue weighted by atomic mass is 16.5. The van der Waals surface area contributed by atoms with Gasteiger partial charge in [-0.05, 0) is 56.7 Å². The summed E-state index contributed by atoms with van der Waals surface area (Å²) in [7, 11) is 0. The molecule has 2 amide bonds. The summed E-state index contributed by atoms with van der Waals surface area (Å²) in [4.78, 5) is 26.3. The molecule has 1 aliphatic carbocycles. The van der Waals surface area contributed by atoms with Crippen molar-refractivity contribution in [3.63, 3.8) is 0 Å². The molecule has 0 radical (unpaired) electrons. The van der Waals surface area contributed by atoms with E-state index in [0.717, 1.165) is 23.6 Å². The summed E-state index contributed by atoms with van der Waals surface area (Å²) < 4.78 is 11.2. The third-order valence-corrected chi connectivity index (χ3v) is 5.08. The second kappa shape index (κ2) is 9.11. The summed E-state index contributed by atoms with van der Waals surface area (Å²) in [5.41, 5.74) is 1.08. The zero-order valence-corrected chi connectivity index (χ0v) is 16.3. The number of nitrogens with zero attached hydrogens (tertiary/aromatic N) is 1. The SMILES string of the molecule is CCOc1ccc(CCNC(=O)[C@@H]2CC(=O)N(CC3CC3)C2)cc1OCC. The van der Waals surface area contributed by atoms with Crippen LogP contribution in [0.3, 0.4) is 0 Å². The Bertz CT molecular complexity index is 672. The number of amides is 2. The van der Waals surface area contributed by atoms with E-state index >= 15 is 0 Å². The van der Waals surface area contributed by atoms with E-state index in [1.54, 1.807) is 0 Å². The number of carbonyl (C=O) groups is 2. The van der Waals surface area contributed by atoms with Gasteiger partial charge in [-0.1, -0.05) is 6.07 Å². The fourth-order valence-electron chi connectivity index (χ4n) is 3.46. The molecule has 0 spiro atoms. The van der Waals surface area contributed by atoms with Crippen molar-refractivity contribution >= 4 is 11.8 Å². The lowest BCUT2D eigenvalue weighted by molar-refractivity contribution is -0.129. The predicted octanol–water partition coefficient (Wildman–Crippen LogP) is 2.40. The maximum absolute atomic E-state index is 12.4. The Balaban J connectivity index is 1.46. The molecule has 1 aromatic carbocycles. The number of hydrogen-bond acceptors (Lipinski definition) is 4. The highest BCUT2D eigenvalue weighted by Gasteiger charge is 2.36. The summed E-state index contributed by atoms with van der Waals surface area (Å²) in [6, 6.07) is 5.88. The van der Waals surface area contributed by atoms with Gasteiger partial charge in [0, 0.05) is 26.1 Å². The molecule has 6 nitrogen and oxygen atoms in total. The van der Waals surface area contributed by atoms with Crippen LogP contribution >= 0.6 is 0 Å². The van der Waals surface area contributed by atoms with E-state index in [1.807, 2.05) is 36.9 Å². The number of nitrogens with one attached hydrogen (secondary N) is 1. The predicted molar refractivity (Wildman–Crippen MR) is 103 cm³/mol. The lowest BCUT2D eigenvalue weighted by Crippen LogP contribution is -2.34. The van der Waals surface area contributed by atoms with Crippen molar-refractivity contribution in [1.29, 1.82) is 0 Å². The van der Waals surface area contributed by atoms with Crippen LogP contribution < -0.4 is 14.8 Å². The Morgan fingerprint density at radius 1 is 1.19 bits per heavy atom. The van der Waals surface area contributed by atoms with E-state index in [4.69, 9.17) is 9.47 Å². The Morgan fingerprint density at radius 2 is 1.93 bits per heavy atom. The normalized spacial score (nSPS) is 19.3. The van der Waals surface area contributed by atoms with Gasteiger partial charge in [-0.3, -0.25) is 9.59 Å². The number of benzene rings is 1. The molecule has 148 valence electrons. The standard InChI is InChI=1S/C21H30N2O4/c1-3-26-18-8-7-15(11-19(18)27-4-2)9-10-22-21(25)17-12-20(24)23(14-17)13-16-5-6-16/h7-8,11,16-17H,3-6,9-10,12-14H2,1-2H3,(H,22,25)/t17-/m1/s1. The lowest BCUT2D eigenvalue weighted by Gasteiger charge is -2.16. The van der Waals surface area contributed by atoms with E-state index in [9.17, 15) is 9.59 Å². The molecule has 2 fully saturated rings. The van der Waals surface area contributed by atoms with Gasteiger partial charge in [0.15, 0.2) is 11.5 Å². The minimum atomic E-state index is -0.212. The monoisotopic (exact) mass is 374 g/mol. The Morgan fingerprint density at radius 3 is 2.63 bits per heavy atom. The van der Waals surface area contributed by atoms with Crippen molar-refractivity contribution in [2.24, 2.45) is 11.8 Å². The van der Waals surface area contributed by atoms with Crippen LogP contribution in [0.2, 0.25) is 0 Å². The first kappa shape index (κ1) is 19.5. The molecular formula is C21H30N2O4. The maximum atomic E-state index is 12.4. The van der Waals surface area contributed by atoms with Crippen LogP contribution in [0.1, 0.15) is 38.7 Å². The number of hydrogen-bond donors (Lipinski definition) is 1. The van der Waals surface area contributed by atoms with Crippen molar-refractivity contribution in [2.45, 2.75) is 39.5 Å². The zero-order chi connectivity index (χ0) is 19.2. The first-order chi connectivity index (χ1) is 13.1. The van der Waals surface area contributed by atoms with E-state index in [1.165, 1.54) is 12.8 Å². The highest BCUT2D eigenvalue weighted by Crippen LogP contribution is 2.32. The van der Waals surface area contributed by atoms with Crippen molar-refractivity contribution in [3.8, 4) is 11.5 Å². The molecule has 1 atom stereocenters. The van der Waals surface area contributed by atoms with E-state index in [2.05, 4.69) is 5.32 Å². The second-order valence-electron chi connectivity index (χ2n) is 7.33. The lowest BCUT2D eigenvalue weighted by atomic mass is 10.1. The molecule has 3 rings (SSSR count). The minimum absolute atomic E-state index is 0.0161. The van der Waals surface area contributed by atoms with E-state index in [-0.39, 0.29) is 17.7 Å². The molecule has 1 N–H and O–H groups in total. The molecule has 1 heterocycles. The summed E-state index contributed by atoms with van der Waals surface area (Å²) >= 11 is 0. The van der Waals surface area contributed by atoms with Gasteiger partial charge < -0.3 is 19.7 Å². The molecule has 0 aromatic heterocycles. The summed E-state index contributed by atoms with van der Waals surface area (Å²) in [5.74, 6) is 2.03. The van der Waals surface area contributed by atoms with Gasteiger partial charge in [0.25, 0.3) is 0 Å². The number of carbonyl (C=O) groups excluding carboxylic acids is 2. The first-order valence-electron chi connectivity index (χ1n) is 10.0. The van der Waals surface area contributed by atoms with E-state index < -0.39 is 0 Å². The Kier molecular flexibility index (Phi) is 6.58. The quantitative estimate of drug-likeness (QED) is 0.683. The van der Waals surface area contributed by atoms with Crippen LogP contribution in [0.25, 0.3) is 0 Å². The summed E-state index contributed by atoms with van der Waals surface area (Å²) in [6.45, 7) is 7.00. The van der Waals surface area contributed by atoms with Crippen LogP contribution in [0.5, 0.6) is 11.5 Å². The molecule has 0 bridgehead atoms. The molecule has 6 heteroatoms. The zero-order valence-electron chi connectivity index (χ0n) is 16.3. The number of likely N-dealkylation sites (tertiary alicyclic amines) is 1. The molecule has 1 saturated carbocycles. The van der Waals surface area contributed by atoms with Crippen LogP contribution in [0.15, 0.2) is 18.2 Å². The largest absolute Gasteiger partial charge is 0.490 e. The van der Waals surface area contributed by atoms with Crippen molar-refractivity contribution in [3.05, 3.63) is 23.8 Å². The molecule has 2 aliphatic rings. The average Bonchev–Trinajstić information content (AvgIpc) is 3.39. The molecule has 27 heavy (non-hydrogen) atoms. The Hall–Kier alpha value is -2.24. The van der Waals surface area contributed by atoms with E-state index in [0.29, 0.717) is 45.1 Å². The van der Waals surface area contributed by atoms with Crippen molar-refractivity contribution in [1.82, 2.24) is 10.2 Å². The molecule has 0 unspecified atom stereocenters. The van der Waals surface area contributed by atoms with Crippen molar-refractivity contribution in [2.75, 3.05) is 32.8 Å². The van der Waals surface area contributed by atoms with Crippen LogP contribution in [0.4, 0.5) is 0 Å². The topological polar surface area (TPSA) is 67.9 Å².